The Morgan fingerprint density at radius 1 is 0.700 bits per heavy atom. The minimum Gasteiger partial charge on any atom is -0.449 e. The zero-order valence-corrected chi connectivity index (χ0v) is 22.2. The quantitative estimate of drug-likeness (QED) is 0.197. The molecule has 0 spiro atoms. The van der Waals surface area contributed by atoms with Gasteiger partial charge >= 0.3 is 0 Å². The third-order valence-electron chi connectivity index (χ3n) is 8.71. The van der Waals surface area contributed by atoms with Crippen LogP contribution in [-0.4, -0.2) is 11.8 Å². The Hall–Kier alpha value is -4.93. The van der Waals surface area contributed by atoms with Gasteiger partial charge in [0.15, 0.2) is 0 Å². The van der Waals surface area contributed by atoms with Crippen molar-refractivity contribution < 1.29 is 4.42 Å². The molecule has 186 valence electrons. The summed E-state index contributed by atoms with van der Waals surface area (Å²) in [6.07, 6.45) is 6.80. The van der Waals surface area contributed by atoms with Gasteiger partial charge in [0.2, 0.25) is 17.0 Å². The Balaban J connectivity index is 1.32. The smallest absolute Gasteiger partial charge is 0.255 e. The standard InChI is InChI=1S/C36H21N2OS/c1-5-17-31-21(9-1)25-12-8-16-30(35(25)39-31)37-27-13-3-4-14-28(27)38-33-23(11-7-15-29(33)37)24-19-20-26-22-10-2-6-18-32(22)40-36(26)34(24)38/h1-20,33H/q+1. The first-order valence-electron chi connectivity index (χ1n) is 13.7. The fourth-order valence-corrected chi connectivity index (χ4v) is 8.35. The van der Waals surface area contributed by atoms with Gasteiger partial charge in [-0.05, 0) is 29.8 Å². The highest BCUT2D eigenvalue weighted by atomic mass is 32.1. The molecule has 0 saturated heterocycles. The Kier molecular flexibility index (Phi) is 3.87. The van der Waals surface area contributed by atoms with Crippen LogP contribution < -0.4 is 9.48 Å². The minimum absolute atomic E-state index is 0.0883. The number of allylic oxidation sites excluding steroid dienone is 2. The molecule has 3 nitrogen and oxygen atoms in total. The normalized spacial score (nSPS) is 17.1. The molecule has 10 rings (SSSR count). The summed E-state index contributed by atoms with van der Waals surface area (Å²) in [5.41, 5.74) is 10.5. The summed E-state index contributed by atoms with van der Waals surface area (Å²) in [6, 6.07) is 37.2. The van der Waals surface area contributed by atoms with Crippen LogP contribution in [0.15, 0.2) is 126 Å². The van der Waals surface area contributed by atoms with Crippen molar-refractivity contribution in [1.29, 1.82) is 0 Å². The zero-order chi connectivity index (χ0) is 25.9. The van der Waals surface area contributed by atoms with Crippen LogP contribution in [0.1, 0.15) is 5.56 Å². The Bertz CT molecular complexity index is 2350. The Morgan fingerprint density at radius 3 is 2.48 bits per heavy atom. The van der Waals surface area contributed by atoms with Crippen molar-refractivity contribution in [2.45, 2.75) is 6.04 Å². The summed E-state index contributed by atoms with van der Waals surface area (Å²) in [6.45, 7) is 0. The van der Waals surface area contributed by atoms with Crippen molar-refractivity contribution in [3.63, 3.8) is 0 Å². The molecule has 1 aliphatic carbocycles. The van der Waals surface area contributed by atoms with Gasteiger partial charge in [0.05, 0.1) is 10.4 Å². The molecular formula is C36H21N2OS+. The molecule has 0 bridgehead atoms. The van der Waals surface area contributed by atoms with Crippen molar-refractivity contribution in [3.8, 4) is 0 Å². The number of anilines is 2. The number of para-hydroxylation sites is 4. The molecule has 4 heteroatoms. The lowest BCUT2D eigenvalue weighted by atomic mass is 9.92. The number of hydrogen-bond acceptors (Lipinski definition) is 3. The first kappa shape index (κ1) is 21.0. The second-order valence-corrected chi connectivity index (χ2v) is 11.7. The molecule has 5 aromatic carbocycles. The molecule has 0 amide bonds. The lowest BCUT2D eigenvalue weighted by Gasteiger charge is -2.32. The second-order valence-electron chi connectivity index (χ2n) is 10.7. The molecule has 1 unspecified atom stereocenters. The third kappa shape index (κ3) is 2.48. The Morgan fingerprint density at radius 2 is 1.50 bits per heavy atom. The molecule has 2 aromatic heterocycles. The molecule has 3 aliphatic rings. The van der Waals surface area contributed by atoms with Crippen LogP contribution in [0.3, 0.4) is 0 Å². The highest BCUT2D eigenvalue weighted by molar-refractivity contribution is 7.26. The van der Waals surface area contributed by atoms with Crippen LogP contribution in [0.2, 0.25) is 0 Å². The maximum atomic E-state index is 6.55. The molecule has 1 atom stereocenters. The van der Waals surface area contributed by atoms with Gasteiger partial charge in [0.25, 0.3) is 5.69 Å². The summed E-state index contributed by atoms with van der Waals surface area (Å²) in [5.74, 6) is 0. The molecule has 0 fully saturated rings. The first-order valence-corrected chi connectivity index (χ1v) is 14.5. The third-order valence-corrected chi connectivity index (χ3v) is 9.91. The highest BCUT2D eigenvalue weighted by Gasteiger charge is 2.49. The van der Waals surface area contributed by atoms with E-state index in [2.05, 4.69) is 125 Å². The van der Waals surface area contributed by atoms with Crippen molar-refractivity contribution in [1.82, 2.24) is 4.58 Å². The monoisotopic (exact) mass is 529 g/mol. The van der Waals surface area contributed by atoms with Gasteiger partial charge in [-0.3, -0.25) is 0 Å². The molecule has 2 aliphatic heterocycles. The SMILES string of the molecule is C1=CC2=[N+](c3cccc4c3oc3ccccc34)c3ccccc3N3c4c(ccc5c4sc4ccccc45)C(=C1)C23. The van der Waals surface area contributed by atoms with Gasteiger partial charge in [-0.1, -0.05) is 78.9 Å². The van der Waals surface area contributed by atoms with E-state index >= 15 is 0 Å². The Labute approximate surface area is 233 Å². The van der Waals surface area contributed by atoms with Crippen molar-refractivity contribution in [3.05, 3.63) is 127 Å². The van der Waals surface area contributed by atoms with Crippen molar-refractivity contribution in [2.24, 2.45) is 0 Å². The van der Waals surface area contributed by atoms with Crippen LogP contribution in [0, 0.1) is 0 Å². The van der Waals surface area contributed by atoms with Gasteiger partial charge in [0, 0.05) is 50.0 Å². The van der Waals surface area contributed by atoms with Crippen LogP contribution in [0.5, 0.6) is 0 Å². The fourth-order valence-electron chi connectivity index (χ4n) is 7.11. The summed E-state index contributed by atoms with van der Waals surface area (Å²) >= 11 is 1.91. The maximum Gasteiger partial charge on any atom is 0.255 e. The van der Waals surface area contributed by atoms with Crippen LogP contribution >= 0.6 is 11.3 Å². The number of furan rings is 1. The second kappa shape index (κ2) is 7.38. The lowest BCUT2D eigenvalue weighted by Crippen LogP contribution is -2.43. The van der Waals surface area contributed by atoms with E-state index in [0.29, 0.717) is 0 Å². The number of fused-ring (bicyclic) bond motifs is 12. The summed E-state index contributed by atoms with van der Waals surface area (Å²) in [5, 5.41) is 4.96. The minimum atomic E-state index is 0.0883. The van der Waals surface area contributed by atoms with E-state index in [1.165, 1.54) is 54.1 Å². The summed E-state index contributed by atoms with van der Waals surface area (Å²) < 4.78 is 11.7. The van der Waals surface area contributed by atoms with Crippen molar-refractivity contribution in [2.75, 3.05) is 4.90 Å². The molecule has 40 heavy (non-hydrogen) atoms. The van der Waals surface area contributed by atoms with Gasteiger partial charge in [-0.15, -0.1) is 11.3 Å². The van der Waals surface area contributed by atoms with E-state index in [9.17, 15) is 0 Å². The van der Waals surface area contributed by atoms with E-state index in [1.54, 1.807) is 0 Å². The topological polar surface area (TPSA) is 19.4 Å². The summed E-state index contributed by atoms with van der Waals surface area (Å²) in [7, 11) is 0. The van der Waals surface area contributed by atoms with E-state index in [0.717, 1.165) is 27.6 Å². The van der Waals surface area contributed by atoms with Crippen LogP contribution in [-0.2, 0) is 0 Å². The van der Waals surface area contributed by atoms with Gasteiger partial charge in [-0.25, -0.2) is 0 Å². The molecule has 4 heterocycles. The molecule has 0 saturated carbocycles. The predicted octanol–water partition coefficient (Wildman–Crippen LogP) is 9.72. The number of benzene rings is 5. The zero-order valence-electron chi connectivity index (χ0n) is 21.3. The maximum absolute atomic E-state index is 6.55. The molecule has 0 N–H and O–H groups in total. The summed E-state index contributed by atoms with van der Waals surface area (Å²) in [4.78, 5) is 2.59. The van der Waals surface area contributed by atoms with E-state index in [1.807, 2.05) is 17.4 Å². The fraction of sp³-hybridized carbons (Fsp3) is 0.0278. The first-order chi connectivity index (χ1) is 19.9. The van der Waals surface area contributed by atoms with E-state index in [-0.39, 0.29) is 6.04 Å². The number of nitrogens with zero attached hydrogens (tertiary/aromatic N) is 2. The molecule has 0 radical (unpaired) electrons. The largest absolute Gasteiger partial charge is 0.449 e. The van der Waals surface area contributed by atoms with Crippen LogP contribution in [0.25, 0.3) is 47.7 Å². The van der Waals surface area contributed by atoms with E-state index in [4.69, 9.17) is 4.42 Å². The molecule has 7 aromatic rings. The van der Waals surface area contributed by atoms with Gasteiger partial charge in [0.1, 0.15) is 17.3 Å². The van der Waals surface area contributed by atoms with Gasteiger partial charge < -0.3 is 9.32 Å². The lowest BCUT2D eigenvalue weighted by molar-refractivity contribution is 0.666. The highest BCUT2D eigenvalue weighted by Crippen LogP contribution is 2.56. The number of thiophene rings is 1. The van der Waals surface area contributed by atoms with Crippen molar-refractivity contribution >= 4 is 87.5 Å². The number of hydrogen-bond donors (Lipinski definition) is 0. The van der Waals surface area contributed by atoms with Gasteiger partial charge in [-0.2, -0.15) is 4.58 Å². The van der Waals surface area contributed by atoms with Crippen LogP contribution in [0.4, 0.5) is 22.7 Å². The predicted molar refractivity (Wildman–Crippen MR) is 169 cm³/mol. The molecular weight excluding hydrogens is 508 g/mol. The average Bonchev–Trinajstić information content (AvgIpc) is 3.68. The number of rotatable bonds is 1. The average molecular weight is 530 g/mol. The van der Waals surface area contributed by atoms with E-state index < -0.39 is 0 Å².